The molecule has 0 spiro atoms. The Balaban J connectivity index is 0.950. The topological polar surface area (TPSA) is 107 Å². The van der Waals surface area contributed by atoms with E-state index in [0.29, 0.717) is 64.9 Å². The number of nitrogens with zero attached hydrogens (tertiary/aromatic N) is 4. The van der Waals surface area contributed by atoms with E-state index in [-0.39, 0.29) is 42.3 Å². The van der Waals surface area contributed by atoms with Crippen LogP contribution in [-0.4, -0.2) is 105 Å². The van der Waals surface area contributed by atoms with Gasteiger partial charge in [0.2, 0.25) is 5.91 Å². The molecule has 2 unspecified atom stereocenters. The summed E-state index contributed by atoms with van der Waals surface area (Å²) in [5.74, 6) is -1.33. The van der Waals surface area contributed by atoms with Gasteiger partial charge in [-0.3, -0.25) is 24.2 Å². The molecule has 4 heterocycles. The summed E-state index contributed by atoms with van der Waals surface area (Å²) < 4.78 is 8.33. The summed E-state index contributed by atoms with van der Waals surface area (Å²) in [4.78, 5) is 46.2. The second-order valence-corrected chi connectivity index (χ2v) is 15.9. The Morgan fingerprint density at radius 1 is 0.880 bits per heavy atom. The highest BCUT2D eigenvalue weighted by molar-refractivity contribution is 6.36. The molecule has 2 N–H and O–H groups in total. The summed E-state index contributed by atoms with van der Waals surface area (Å²) in [6.07, 6.45) is 9.33. The van der Waals surface area contributed by atoms with Crippen molar-refractivity contribution in [2.24, 2.45) is 13.0 Å². The average Bonchev–Trinajstić information content (AvgIpc) is 3.39. The number of rotatable bonds is 10. The first-order valence-corrected chi connectivity index (χ1v) is 18.9. The fourth-order valence-electron chi connectivity index (χ4n) is 9.14. The monoisotopic (exact) mass is 721 g/mol. The van der Waals surface area contributed by atoms with E-state index in [2.05, 4.69) is 15.1 Å². The van der Waals surface area contributed by atoms with Gasteiger partial charge in [-0.05, 0) is 75.1 Å². The predicted molar refractivity (Wildman–Crippen MR) is 193 cm³/mol. The average molecular weight is 723 g/mol. The fraction of sp³-hybridized carbons (Fsp3) is 0.553. The van der Waals surface area contributed by atoms with Crippen LogP contribution in [0.15, 0.2) is 42.6 Å². The molecule has 3 saturated heterocycles. The van der Waals surface area contributed by atoms with Gasteiger partial charge in [0.15, 0.2) is 0 Å². The van der Waals surface area contributed by atoms with Crippen LogP contribution < -0.4 is 5.32 Å². The van der Waals surface area contributed by atoms with Crippen molar-refractivity contribution in [2.75, 3.05) is 31.6 Å². The maximum absolute atomic E-state index is 14.1. The minimum atomic E-state index is -0.724. The summed E-state index contributed by atoms with van der Waals surface area (Å²) in [6.45, 7) is 3.28. The summed E-state index contributed by atoms with van der Waals surface area (Å²) >= 11 is 13.5. The molecule has 12 heteroatoms. The molecule has 5 fully saturated rings. The number of hydrogen-bond donors (Lipinski definition) is 2. The van der Waals surface area contributed by atoms with Crippen molar-refractivity contribution in [3.05, 3.63) is 63.8 Å². The molecule has 2 aliphatic carbocycles. The Bertz CT molecular complexity index is 1800. The lowest BCUT2D eigenvalue weighted by molar-refractivity contribution is -0.144. The summed E-state index contributed by atoms with van der Waals surface area (Å²) in [5, 5.41) is 13.9. The van der Waals surface area contributed by atoms with Crippen molar-refractivity contribution in [3.8, 4) is 0 Å². The first-order valence-electron chi connectivity index (χ1n) is 18.1. The van der Waals surface area contributed by atoms with E-state index in [1.807, 2.05) is 40.8 Å². The van der Waals surface area contributed by atoms with Crippen LogP contribution in [0.5, 0.6) is 0 Å². The molecule has 2 aromatic carbocycles. The Hall–Kier alpha value is -3.15. The number of carbonyl (C=O) groups excluding carboxylic acids is 2. The number of carboxylic acid groups (broad SMARTS) is 1. The number of halogens is 2. The lowest BCUT2D eigenvalue weighted by Gasteiger charge is -2.37. The van der Waals surface area contributed by atoms with Crippen LogP contribution in [0.4, 0.5) is 5.69 Å². The number of piperazine rings is 1. The number of nitrogens with one attached hydrogen (secondary N) is 1. The molecule has 4 atom stereocenters. The minimum absolute atomic E-state index is 0.0152. The second-order valence-electron chi connectivity index (χ2n) is 15.1. The van der Waals surface area contributed by atoms with E-state index in [9.17, 15) is 19.5 Å². The zero-order chi connectivity index (χ0) is 34.7. The van der Waals surface area contributed by atoms with E-state index in [0.717, 1.165) is 49.3 Å². The molecule has 8 rings (SSSR count). The van der Waals surface area contributed by atoms with Crippen molar-refractivity contribution in [3.63, 3.8) is 0 Å². The second kappa shape index (κ2) is 13.8. The molecule has 5 aliphatic rings. The van der Waals surface area contributed by atoms with Crippen LogP contribution in [0.3, 0.4) is 0 Å². The molecule has 266 valence electrons. The summed E-state index contributed by atoms with van der Waals surface area (Å²) in [6, 6.07) is 13.2. The van der Waals surface area contributed by atoms with E-state index in [1.54, 1.807) is 18.3 Å². The lowest BCUT2D eigenvalue weighted by atomic mass is 9.87. The highest BCUT2D eigenvalue weighted by Gasteiger charge is 2.51. The van der Waals surface area contributed by atoms with Crippen LogP contribution in [0.1, 0.15) is 67.3 Å². The zero-order valence-corrected chi connectivity index (χ0v) is 29.9. The SMILES string of the molecule is Cn1cc(C(=O)Nc2cc(Cl)c(CC(=O)N3C[C@@H](N4CC5CC4CN5C4CC4)C[C@H]3COC3CCC(C(=O)O)CC3)cc2Cl)c2ccccc21. The number of hydrogen-bond acceptors (Lipinski definition) is 6. The highest BCUT2D eigenvalue weighted by atomic mass is 35.5. The van der Waals surface area contributed by atoms with Gasteiger partial charge in [-0.1, -0.05) is 41.4 Å². The third-order valence-corrected chi connectivity index (χ3v) is 12.6. The van der Waals surface area contributed by atoms with Crippen molar-refractivity contribution in [2.45, 2.75) is 94.1 Å². The fourth-order valence-corrected chi connectivity index (χ4v) is 9.61. The van der Waals surface area contributed by atoms with Gasteiger partial charge in [0.25, 0.3) is 5.91 Å². The van der Waals surface area contributed by atoms with Crippen molar-refractivity contribution >= 4 is 57.6 Å². The third kappa shape index (κ3) is 6.65. The number of likely N-dealkylation sites (tertiary alicyclic amines) is 3. The van der Waals surface area contributed by atoms with E-state index < -0.39 is 5.97 Å². The summed E-state index contributed by atoms with van der Waals surface area (Å²) in [7, 11) is 1.90. The zero-order valence-electron chi connectivity index (χ0n) is 28.4. The molecular weight excluding hydrogens is 677 g/mol. The van der Waals surface area contributed by atoms with Crippen LogP contribution in [0.2, 0.25) is 10.0 Å². The molecule has 2 amide bonds. The predicted octanol–water partition coefficient (Wildman–Crippen LogP) is 5.83. The Morgan fingerprint density at radius 3 is 2.28 bits per heavy atom. The molecule has 3 aliphatic heterocycles. The number of fused-ring (bicyclic) bond motifs is 3. The van der Waals surface area contributed by atoms with E-state index in [1.165, 1.54) is 19.3 Å². The number of ether oxygens (including phenoxy) is 1. The maximum atomic E-state index is 14.1. The number of amides is 2. The summed E-state index contributed by atoms with van der Waals surface area (Å²) in [5.41, 5.74) is 2.49. The number of aliphatic carboxylic acids is 1. The number of aryl methyl sites for hydroxylation is 1. The lowest BCUT2D eigenvalue weighted by Crippen LogP contribution is -2.51. The number of anilines is 1. The van der Waals surface area contributed by atoms with Crippen LogP contribution in [0.25, 0.3) is 10.9 Å². The molecule has 1 aromatic heterocycles. The number of carbonyl (C=O) groups is 3. The first kappa shape index (κ1) is 34.0. The highest BCUT2D eigenvalue weighted by Crippen LogP contribution is 2.42. The van der Waals surface area contributed by atoms with Gasteiger partial charge in [-0.2, -0.15) is 0 Å². The number of benzene rings is 2. The van der Waals surface area contributed by atoms with E-state index in [4.69, 9.17) is 27.9 Å². The van der Waals surface area contributed by atoms with Gasteiger partial charge in [0, 0.05) is 73.0 Å². The largest absolute Gasteiger partial charge is 0.481 e. The van der Waals surface area contributed by atoms with Crippen LogP contribution >= 0.6 is 23.2 Å². The van der Waals surface area contributed by atoms with Crippen LogP contribution in [0, 0.1) is 5.92 Å². The maximum Gasteiger partial charge on any atom is 0.306 e. The molecule has 2 saturated carbocycles. The molecule has 3 aromatic rings. The molecule has 10 nitrogen and oxygen atoms in total. The van der Waals surface area contributed by atoms with Gasteiger partial charge in [0.05, 0.1) is 47.4 Å². The standard InChI is InChI=1S/C38H45Cl2N5O5/c1-42-20-31(30-4-2-3-5-35(30)42)37(47)41-34-16-32(39)23(12-33(34)40)13-36(46)45-19-27(44-18-25-14-26(44)17-43(25)24-8-9-24)15-28(45)21-50-29-10-6-22(7-11-29)38(48)49/h2-5,12,16,20,22,24-29H,6-11,13-15,17-19,21H2,1H3,(H,41,47)(H,48,49)/t22?,25?,26?,27-,28-,29?/m0/s1. The van der Waals surface area contributed by atoms with Crippen molar-refractivity contribution < 1.29 is 24.2 Å². The molecule has 0 radical (unpaired) electrons. The van der Waals surface area contributed by atoms with Gasteiger partial charge in [-0.25, -0.2) is 0 Å². The number of para-hydroxylation sites is 1. The minimum Gasteiger partial charge on any atom is -0.481 e. The van der Waals surface area contributed by atoms with Gasteiger partial charge in [0.1, 0.15) is 0 Å². The van der Waals surface area contributed by atoms with E-state index >= 15 is 0 Å². The third-order valence-electron chi connectivity index (χ3n) is 11.9. The normalized spacial score (nSPS) is 28.5. The number of carboxylic acids is 1. The first-order chi connectivity index (χ1) is 24.1. The van der Waals surface area contributed by atoms with Gasteiger partial charge < -0.3 is 24.6 Å². The molecule has 50 heavy (non-hydrogen) atoms. The van der Waals surface area contributed by atoms with Gasteiger partial charge >= 0.3 is 5.97 Å². The van der Waals surface area contributed by atoms with Gasteiger partial charge in [-0.15, -0.1) is 0 Å². The van der Waals surface area contributed by atoms with Crippen molar-refractivity contribution in [1.82, 2.24) is 19.3 Å². The molecule has 2 bridgehead atoms. The Kier molecular flexibility index (Phi) is 9.35. The number of aromatic nitrogens is 1. The smallest absolute Gasteiger partial charge is 0.306 e. The Labute approximate surface area is 302 Å². The van der Waals surface area contributed by atoms with Crippen LogP contribution in [-0.2, 0) is 27.8 Å². The molecular formula is C38H45Cl2N5O5. The van der Waals surface area contributed by atoms with Crippen molar-refractivity contribution in [1.29, 1.82) is 0 Å². The Morgan fingerprint density at radius 2 is 1.58 bits per heavy atom. The quantitative estimate of drug-likeness (QED) is 0.271.